The van der Waals surface area contributed by atoms with E-state index < -0.39 is 0 Å². The fourth-order valence-electron chi connectivity index (χ4n) is 2.10. The number of thiazole rings is 1. The molecule has 0 saturated carbocycles. The van der Waals surface area contributed by atoms with Gasteiger partial charge in [0.05, 0.1) is 5.69 Å². The van der Waals surface area contributed by atoms with Gasteiger partial charge in [-0.2, -0.15) is 0 Å². The van der Waals surface area contributed by atoms with Crippen LogP contribution in [0.15, 0.2) is 5.38 Å². The number of nitrogens with two attached hydrogens (primary N) is 1. The zero-order chi connectivity index (χ0) is 11.8. The Kier molecular flexibility index (Phi) is 3.19. The van der Waals surface area contributed by atoms with Crippen molar-refractivity contribution in [2.24, 2.45) is 0 Å². The molecule has 0 spiro atoms. The third-order valence-electron chi connectivity index (χ3n) is 3.35. The van der Waals surface area contributed by atoms with E-state index >= 15 is 0 Å². The third kappa shape index (κ3) is 2.53. The van der Waals surface area contributed by atoms with Gasteiger partial charge in [-0.15, -0.1) is 11.3 Å². The summed E-state index contributed by atoms with van der Waals surface area (Å²) in [5, 5.41) is 2.73. The van der Waals surface area contributed by atoms with E-state index in [4.69, 9.17) is 5.73 Å². The monoisotopic (exact) mass is 240 g/mol. The molecule has 0 bridgehead atoms. The van der Waals surface area contributed by atoms with Crippen LogP contribution in [0.1, 0.15) is 19.5 Å². The molecular weight excluding hydrogens is 220 g/mol. The van der Waals surface area contributed by atoms with Gasteiger partial charge < -0.3 is 5.73 Å². The fraction of sp³-hybridized carbons (Fsp3) is 0.727. The molecular formula is C11H20N4S. The van der Waals surface area contributed by atoms with Crippen LogP contribution in [0.4, 0.5) is 5.13 Å². The van der Waals surface area contributed by atoms with Crippen LogP contribution >= 0.6 is 11.3 Å². The second kappa shape index (κ2) is 4.31. The summed E-state index contributed by atoms with van der Waals surface area (Å²) in [4.78, 5) is 9.18. The van der Waals surface area contributed by atoms with Gasteiger partial charge in [0.2, 0.25) is 0 Å². The molecule has 1 aliphatic heterocycles. The normalized spacial score (nSPS) is 22.4. The Morgan fingerprint density at radius 1 is 1.50 bits per heavy atom. The lowest BCUT2D eigenvalue weighted by atomic mass is 10.00. The molecule has 16 heavy (non-hydrogen) atoms. The van der Waals surface area contributed by atoms with Crippen LogP contribution in [-0.4, -0.2) is 47.0 Å². The second-order valence-electron chi connectivity index (χ2n) is 5.12. The van der Waals surface area contributed by atoms with Crippen molar-refractivity contribution in [3.63, 3.8) is 0 Å². The number of aromatic nitrogens is 1. The molecule has 90 valence electrons. The first kappa shape index (κ1) is 11.8. The average molecular weight is 240 g/mol. The molecule has 1 saturated heterocycles. The number of hydrogen-bond donors (Lipinski definition) is 1. The molecule has 2 heterocycles. The highest BCUT2D eigenvalue weighted by Crippen LogP contribution is 2.21. The SMILES string of the molecule is CN1CCN(Cc2csc(N)n2)CC1(C)C. The number of likely N-dealkylation sites (N-methyl/N-ethyl adjacent to an activating group) is 1. The maximum absolute atomic E-state index is 5.64. The van der Waals surface area contributed by atoms with Gasteiger partial charge in [-0.3, -0.25) is 9.80 Å². The largest absolute Gasteiger partial charge is 0.375 e. The summed E-state index contributed by atoms with van der Waals surface area (Å²) in [6.07, 6.45) is 0. The van der Waals surface area contributed by atoms with E-state index in [0.29, 0.717) is 5.13 Å². The van der Waals surface area contributed by atoms with Crippen LogP contribution in [0.25, 0.3) is 0 Å². The third-order valence-corrected chi connectivity index (χ3v) is 4.07. The maximum atomic E-state index is 5.64. The predicted molar refractivity (Wildman–Crippen MR) is 68.5 cm³/mol. The summed E-state index contributed by atoms with van der Waals surface area (Å²) in [7, 11) is 2.19. The lowest BCUT2D eigenvalue weighted by Crippen LogP contribution is -2.57. The molecule has 1 fully saturated rings. The van der Waals surface area contributed by atoms with Crippen LogP contribution in [0, 0.1) is 0 Å². The van der Waals surface area contributed by atoms with E-state index in [-0.39, 0.29) is 5.54 Å². The van der Waals surface area contributed by atoms with E-state index in [2.05, 4.69) is 41.1 Å². The van der Waals surface area contributed by atoms with Gasteiger partial charge in [0, 0.05) is 37.1 Å². The van der Waals surface area contributed by atoms with Crippen molar-refractivity contribution >= 4 is 16.5 Å². The zero-order valence-corrected chi connectivity index (χ0v) is 11.0. The van der Waals surface area contributed by atoms with Crippen molar-refractivity contribution in [3.05, 3.63) is 11.1 Å². The Labute approximate surface area is 101 Å². The number of anilines is 1. The summed E-state index contributed by atoms with van der Waals surface area (Å²) in [5.74, 6) is 0. The maximum Gasteiger partial charge on any atom is 0.180 e. The highest BCUT2D eigenvalue weighted by Gasteiger charge is 2.30. The highest BCUT2D eigenvalue weighted by atomic mass is 32.1. The number of nitrogen functional groups attached to an aromatic ring is 1. The molecule has 1 aliphatic rings. The van der Waals surface area contributed by atoms with Crippen molar-refractivity contribution < 1.29 is 0 Å². The summed E-state index contributed by atoms with van der Waals surface area (Å²) in [6.45, 7) is 8.80. The Hall–Kier alpha value is -0.650. The minimum atomic E-state index is 0.250. The minimum Gasteiger partial charge on any atom is -0.375 e. The van der Waals surface area contributed by atoms with Crippen LogP contribution in [-0.2, 0) is 6.54 Å². The topological polar surface area (TPSA) is 45.4 Å². The Morgan fingerprint density at radius 2 is 2.25 bits per heavy atom. The van der Waals surface area contributed by atoms with Crippen LogP contribution in [0.3, 0.4) is 0 Å². The lowest BCUT2D eigenvalue weighted by Gasteiger charge is -2.45. The highest BCUT2D eigenvalue weighted by molar-refractivity contribution is 7.13. The molecule has 4 nitrogen and oxygen atoms in total. The molecule has 1 aromatic rings. The number of hydrogen-bond acceptors (Lipinski definition) is 5. The summed E-state index contributed by atoms with van der Waals surface area (Å²) in [6, 6.07) is 0. The van der Waals surface area contributed by atoms with Crippen LogP contribution < -0.4 is 5.73 Å². The Balaban J connectivity index is 1.97. The van der Waals surface area contributed by atoms with Gasteiger partial charge in [0.15, 0.2) is 5.13 Å². The first-order chi connectivity index (χ1) is 7.47. The van der Waals surface area contributed by atoms with E-state index in [1.54, 1.807) is 0 Å². The molecule has 0 aromatic carbocycles. The minimum absolute atomic E-state index is 0.250. The Bertz CT molecular complexity index is 361. The molecule has 2 N–H and O–H groups in total. The van der Waals surface area contributed by atoms with Gasteiger partial charge in [0.1, 0.15) is 0 Å². The van der Waals surface area contributed by atoms with Gasteiger partial charge >= 0.3 is 0 Å². The predicted octanol–water partition coefficient (Wildman–Crippen LogP) is 1.25. The van der Waals surface area contributed by atoms with Crippen molar-refractivity contribution in [2.45, 2.75) is 25.9 Å². The van der Waals surface area contributed by atoms with Crippen molar-refractivity contribution in [3.8, 4) is 0 Å². The molecule has 0 amide bonds. The van der Waals surface area contributed by atoms with Crippen molar-refractivity contribution in [1.82, 2.24) is 14.8 Å². The molecule has 0 radical (unpaired) electrons. The number of nitrogens with zero attached hydrogens (tertiary/aromatic N) is 3. The first-order valence-corrected chi connectivity index (χ1v) is 6.49. The van der Waals surface area contributed by atoms with E-state index in [1.807, 2.05) is 0 Å². The fourth-order valence-corrected chi connectivity index (χ4v) is 2.65. The van der Waals surface area contributed by atoms with Gasteiger partial charge in [-0.05, 0) is 20.9 Å². The van der Waals surface area contributed by atoms with E-state index in [1.165, 1.54) is 11.3 Å². The molecule has 1 aromatic heterocycles. The second-order valence-corrected chi connectivity index (χ2v) is 6.01. The number of rotatable bonds is 2. The molecule has 0 unspecified atom stereocenters. The smallest absolute Gasteiger partial charge is 0.180 e. The van der Waals surface area contributed by atoms with Gasteiger partial charge in [0.25, 0.3) is 0 Å². The molecule has 2 rings (SSSR count). The quantitative estimate of drug-likeness (QED) is 0.845. The van der Waals surface area contributed by atoms with Gasteiger partial charge in [-0.25, -0.2) is 4.98 Å². The summed E-state index contributed by atoms with van der Waals surface area (Å²) < 4.78 is 0. The van der Waals surface area contributed by atoms with Crippen LogP contribution in [0.2, 0.25) is 0 Å². The van der Waals surface area contributed by atoms with Gasteiger partial charge in [-0.1, -0.05) is 0 Å². The summed E-state index contributed by atoms with van der Waals surface area (Å²) >= 11 is 1.52. The zero-order valence-electron chi connectivity index (χ0n) is 10.2. The number of piperazine rings is 1. The van der Waals surface area contributed by atoms with Crippen LogP contribution in [0.5, 0.6) is 0 Å². The van der Waals surface area contributed by atoms with E-state index in [9.17, 15) is 0 Å². The van der Waals surface area contributed by atoms with Crippen molar-refractivity contribution in [2.75, 3.05) is 32.4 Å². The van der Waals surface area contributed by atoms with Crippen molar-refractivity contribution in [1.29, 1.82) is 0 Å². The summed E-state index contributed by atoms with van der Waals surface area (Å²) in [5.41, 5.74) is 6.99. The molecule has 0 atom stereocenters. The molecule has 5 heteroatoms. The molecule has 0 aliphatic carbocycles. The average Bonchev–Trinajstić information content (AvgIpc) is 2.57. The lowest BCUT2D eigenvalue weighted by molar-refractivity contribution is 0.0355. The Morgan fingerprint density at radius 3 is 2.81 bits per heavy atom. The van der Waals surface area contributed by atoms with E-state index in [0.717, 1.165) is 31.9 Å². The standard InChI is InChI=1S/C11H20N4S/c1-11(2)8-15(5-4-14(11)3)6-9-7-16-10(12)13-9/h7H,4-6,8H2,1-3H3,(H2,12,13). The first-order valence-electron chi connectivity index (χ1n) is 5.61.